The van der Waals surface area contributed by atoms with Gasteiger partial charge >= 0.3 is 0 Å². The van der Waals surface area contributed by atoms with Crippen LogP contribution in [0.25, 0.3) is 0 Å². The predicted octanol–water partition coefficient (Wildman–Crippen LogP) is 3.53. The van der Waals surface area contributed by atoms with E-state index in [9.17, 15) is 0 Å². The number of aromatic nitrogens is 2. The van der Waals surface area contributed by atoms with E-state index in [1.54, 1.807) is 6.33 Å². The van der Waals surface area contributed by atoms with Gasteiger partial charge in [-0.05, 0) is 36.5 Å². The van der Waals surface area contributed by atoms with Crippen LogP contribution in [-0.4, -0.2) is 23.1 Å². The fraction of sp³-hybridized carbons (Fsp3) is 0.412. The van der Waals surface area contributed by atoms with Crippen molar-refractivity contribution in [1.29, 1.82) is 0 Å². The van der Waals surface area contributed by atoms with E-state index >= 15 is 0 Å². The standard InChI is InChI=1S/C17H23N5/c1-12(2)13-5-7-14(8-6-13)21-16-15(18)17(20-11-19-16)22-9-3-4-10-22/h5-8,11-12H,3-4,9-10,18H2,1-2H3,(H,19,20,21). The summed E-state index contributed by atoms with van der Waals surface area (Å²) in [5.41, 5.74) is 9.19. The number of nitrogens with two attached hydrogens (primary N) is 1. The van der Waals surface area contributed by atoms with Gasteiger partial charge in [-0.25, -0.2) is 9.97 Å². The third kappa shape index (κ3) is 2.98. The number of hydrogen-bond donors (Lipinski definition) is 2. The van der Waals surface area contributed by atoms with Crippen molar-refractivity contribution in [1.82, 2.24) is 9.97 Å². The summed E-state index contributed by atoms with van der Waals surface area (Å²) in [6.07, 6.45) is 3.97. The van der Waals surface area contributed by atoms with Crippen LogP contribution in [0.15, 0.2) is 30.6 Å². The van der Waals surface area contributed by atoms with Gasteiger partial charge in [0.25, 0.3) is 0 Å². The normalized spacial score (nSPS) is 14.6. The van der Waals surface area contributed by atoms with Crippen molar-refractivity contribution in [2.75, 3.05) is 29.0 Å². The average Bonchev–Trinajstić information content (AvgIpc) is 3.04. The van der Waals surface area contributed by atoms with E-state index in [1.807, 2.05) is 0 Å². The zero-order chi connectivity index (χ0) is 15.5. The number of benzene rings is 1. The molecule has 1 aromatic heterocycles. The van der Waals surface area contributed by atoms with Crippen LogP contribution in [0.3, 0.4) is 0 Å². The molecule has 22 heavy (non-hydrogen) atoms. The highest BCUT2D eigenvalue weighted by atomic mass is 15.2. The van der Waals surface area contributed by atoms with E-state index in [2.05, 4.69) is 58.3 Å². The molecule has 1 saturated heterocycles. The van der Waals surface area contributed by atoms with Crippen molar-refractivity contribution < 1.29 is 0 Å². The first-order valence-electron chi connectivity index (χ1n) is 7.87. The van der Waals surface area contributed by atoms with Gasteiger partial charge in [0.15, 0.2) is 11.6 Å². The molecule has 0 unspecified atom stereocenters. The molecule has 3 N–H and O–H groups in total. The summed E-state index contributed by atoms with van der Waals surface area (Å²) in [6, 6.07) is 8.39. The Kier molecular flexibility index (Phi) is 4.13. The van der Waals surface area contributed by atoms with Gasteiger partial charge in [0.05, 0.1) is 0 Å². The Labute approximate surface area is 131 Å². The third-order valence-corrected chi connectivity index (χ3v) is 4.11. The summed E-state index contributed by atoms with van der Waals surface area (Å²) in [7, 11) is 0. The number of nitrogens with zero attached hydrogens (tertiary/aromatic N) is 3. The van der Waals surface area contributed by atoms with E-state index in [-0.39, 0.29) is 0 Å². The van der Waals surface area contributed by atoms with E-state index in [4.69, 9.17) is 5.73 Å². The van der Waals surface area contributed by atoms with Crippen molar-refractivity contribution in [3.05, 3.63) is 36.2 Å². The molecule has 1 aromatic carbocycles. The minimum atomic E-state index is 0.528. The zero-order valence-corrected chi connectivity index (χ0v) is 13.2. The largest absolute Gasteiger partial charge is 0.393 e. The molecule has 5 heteroatoms. The van der Waals surface area contributed by atoms with Crippen LogP contribution < -0.4 is 16.0 Å². The van der Waals surface area contributed by atoms with Gasteiger partial charge in [0, 0.05) is 18.8 Å². The van der Waals surface area contributed by atoms with Crippen LogP contribution in [-0.2, 0) is 0 Å². The van der Waals surface area contributed by atoms with Crippen LogP contribution in [0.1, 0.15) is 38.2 Å². The Morgan fingerprint density at radius 2 is 1.77 bits per heavy atom. The zero-order valence-electron chi connectivity index (χ0n) is 13.2. The Hall–Kier alpha value is -2.30. The molecular weight excluding hydrogens is 274 g/mol. The van der Waals surface area contributed by atoms with Crippen LogP contribution in [0, 0.1) is 0 Å². The lowest BCUT2D eigenvalue weighted by Crippen LogP contribution is -2.21. The van der Waals surface area contributed by atoms with Crippen molar-refractivity contribution in [2.45, 2.75) is 32.6 Å². The summed E-state index contributed by atoms with van der Waals surface area (Å²) in [6.45, 7) is 6.41. The maximum atomic E-state index is 6.26. The van der Waals surface area contributed by atoms with Crippen molar-refractivity contribution in [2.24, 2.45) is 0 Å². The van der Waals surface area contributed by atoms with Gasteiger partial charge in [-0.15, -0.1) is 0 Å². The molecule has 2 aromatic rings. The second-order valence-electron chi connectivity index (χ2n) is 6.06. The highest BCUT2D eigenvalue weighted by molar-refractivity contribution is 5.78. The Morgan fingerprint density at radius 1 is 1.09 bits per heavy atom. The molecule has 0 atom stereocenters. The predicted molar refractivity (Wildman–Crippen MR) is 91.7 cm³/mol. The summed E-state index contributed by atoms with van der Waals surface area (Å²) in [4.78, 5) is 10.9. The second kappa shape index (κ2) is 6.22. The molecule has 2 heterocycles. The van der Waals surface area contributed by atoms with Crippen LogP contribution in [0.5, 0.6) is 0 Å². The number of anilines is 4. The highest BCUT2D eigenvalue weighted by Crippen LogP contribution is 2.30. The number of hydrogen-bond acceptors (Lipinski definition) is 5. The van der Waals surface area contributed by atoms with Gasteiger partial charge < -0.3 is 16.0 Å². The Balaban J connectivity index is 1.81. The molecule has 0 aliphatic carbocycles. The highest BCUT2D eigenvalue weighted by Gasteiger charge is 2.18. The summed E-state index contributed by atoms with van der Waals surface area (Å²) >= 11 is 0. The lowest BCUT2D eigenvalue weighted by molar-refractivity contribution is 0.867. The fourth-order valence-corrected chi connectivity index (χ4v) is 2.75. The van der Waals surface area contributed by atoms with Crippen molar-refractivity contribution in [3.8, 4) is 0 Å². The minimum Gasteiger partial charge on any atom is -0.393 e. The van der Waals surface area contributed by atoms with Gasteiger partial charge in [0.2, 0.25) is 0 Å². The lowest BCUT2D eigenvalue weighted by atomic mass is 10.0. The number of nitrogens with one attached hydrogen (secondary N) is 1. The number of nitrogen functional groups attached to an aromatic ring is 1. The van der Waals surface area contributed by atoms with Crippen molar-refractivity contribution in [3.63, 3.8) is 0 Å². The molecule has 0 radical (unpaired) electrons. The van der Waals surface area contributed by atoms with E-state index in [0.29, 0.717) is 17.4 Å². The topological polar surface area (TPSA) is 67.1 Å². The molecule has 0 saturated carbocycles. The van der Waals surface area contributed by atoms with Crippen LogP contribution in [0.4, 0.5) is 23.0 Å². The molecule has 3 rings (SSSR count). The van der Waals surface area contributed by atoms with Crippen molar-refractivity contribution >= 4 is 23.0 Å². The maximum Gasteiger partial charge on any atom is 0.159 e. The average molecular weight is 297 g/mol. The van der Waals surface area contributed by atoms with Gasteiger partial charge in [-0.1, -0.05) is 26.0 Å². The maximum absolute atomic E-state index is 6.26. The molecule has 0 amide bonds. The smallest absolute Gasteiger partial charge is 0.159 e. The second-order valence-corrected chi connectivity index (χ2v) is 6.06. The summed E-state index contributed by atoms with van der Waals surface area (Å²) in [5.74, 6) is 2.04. The molecule has 1 aliphatic rings. The monoisotopic (exact) mass is 297 g/mol. The van der Waals surface area contributed by atoms with E-state index < -0.39 is 0 Å². The lowest BCUT2D eigenvalue weighted by Gasteiger charge is -2.19. The fourth-order valence-electron chi connectivity index (χ4n) is 2.75. The van der Waals surface area contributed by atoms with Gasteiger partial charge in [-0.2, -0.15) is 0 Å². The third-order valence-electron chi connectivity index (χ3n) is 4.11. The van der Waals surface area contributed by atoms with Gasteiger partial charge in [-0.3, -0.25) is 0 Å². The van der Waals surface area contributed by atoms with Crippen LogP contribution in [0.2, 0.25) is 0 Å². The van der Waals surface area contributed by atoms with E-state index in [1.165, 1.54) is 18.4 Å². The molecule has 5 nitrogen and oxygen atoms in total. The Bertz CT molecular complexity index is 630. The molecular formula is C17H23N5. The minimum absolute atomic E-state index is 0.528. The number of rotatable bonds is 4. The molecule has 0 spiro atoms. The molecule has 1 aliphatic heterocycles. The summed E-state index contributed by atoms with van der Waals surface area (Å²) < 4.78 is 0. The summed E-state index contributed by atoms with van der Waals surface area (Å²) in [5, 5.41) is 3.30. The van der Waals surface area contributed by atoms with E-state index in [0.717, 1.165) is 24.6 Å². The Morgan fingerprint density at radius 3 is 2.41 bits per heavy atom. The van der Waals surface area contributed by atoms with Gasteiger partial charge in [0.1, 0.15) is 12.0 Å². The first-order chi connectivity index (χ1) is 10.6. The van der Waals surface area contributed by atoms with Crippen LogP contribution >= 0.6 is 0 Å². The molecule has 1 fully saturated rings. The first-order valence-corrected chi connectivity index (χ1v) is 7.87. The SMILES string of the molecule is CC(C)c1ccc(Nc2ncnc(N3CCCC3)c2N)cc1. The molecule has 116 valence electrons. The first kappa shape index (κ1) is 14.6. The quantitative estimate of drug-likeness (QED) is 0.903. The molecule has 0 bridgehead atoms.